The molecule has 3 aromatic rings. The van der Waals surface area contributed by atoms with Crippen molar-refractivity contribution in [2.45, 2.75) is 13.8 Å². The zero-order valence-electron chi connectivity index (χ0n) is 12.4. The number of hydrogen-bond donors (Lipinski definition) is 0. The van der Waals surface area contributed by atoms with Crippen LogP contribution in [0.5, 0.6) is 5.88 Å². The summed E-state index contributed by atoms with van der Waals surface area (Å²) >= 11 is 0. The minimum absolute atomic E-state index is 0.615. The van der Waals surface area contributed by atoms with Gasteiger partial charge in [-0.05, 0) is 48.7 Å². The van der Waals surface area contributed by atoms with E-state index in [1.807, 2.05) is 36.0 Å². The number of hydrogen-bond acceptors (Lipinski definition) is 3. The first-order valence-corrected chi connectivity index (χ1v) is 6.81. The van der Waals surface area contributed by atoms with E-state index in [4.69, 9.17) is 4.74 Å². The normalized spacial score (nSPS) is 10.6. The van der Waals surface area contributed by atoms with Gasteiger partial charge >= 0.3 is 0 Å². The Labute approximate surface area is 124 Å². The Morgan fingerprint density at radius 2 is 1.81 bits per heavy atom. The standard InChI is InChI=1S/C17H17N3O/c1-12-4-5-14(15-6-8-18-17(11-15)21-3)10-16(12)20-9-7-13(2)19-20/h4-11H,1-3H3. The third kappa shape index (κ3) is 2.65. The Hall–Kier alpha value is -2.62. The molecule has 0 fully saturated rings. The molecule has 0 aliphatic heterocycles. The molecule has 2 aromatic heterocycles. The number of rotatable bonds is 3. The summed E-state index contributed by atoms with van der Waals surface area (Å²) in [7, 11) is 1.62. The van der Waals surface area contributed by atoms with Gasteiger partial charge in [0.2, 0.25) is 5.88 Å². The molecule has 1 aromatic carbocycles. The first-order chi connectivity index (χ1) is 10.2. The number of pyridine rings is 1. The van der Waals surface area contributed by atoms with Gasteiger partial charge in [-0.25, -0.2) is 9.67 Å². The number of ether oxygens (including phenoxy) is 1. The highest BCUT2D eigenvalue weighted by molar-refractivity contribution is 5.67. The highest BCUT2D eigenvalue weighted by Crippen LogP contribution is 2.26. The van der Waals surface area contributed by atoms with E-state index in [-0.39, 0.29) is 0 Å². The molecule has 0 spiro atoms. The van der Waals surface area contributed by atoms with Crippen molar-refractivity contribution in [3.8, 4) is 22.7 Å². The van der Waals surface area contributed by atoms with Crippen molar-refractivity contribution in [2.75, 3.05) is 7.11 Å². The predicted octanol–water partition coefficient (Wildman–Crippen LogP) is 3.56. The van der Waals surface area contributed by atoms with Crippen LogP contribution in [0.15, 0.2) is 48.8 Å². The van der Waals surface area contributed by atoms with Crippen molar-refractivity contribution >= 4 is 0 Å². The summed E-state index contributed by atoms with van der Waals surface area (Å²) in [5.74, 6) is 0.615. The number of aromatic nitrogens is 3. The first kappa shape index (κ1) is 13.4. The van der Waals surface area contributed by atoms with Crippen molar-refractivity contribution in [1.82, 2.24) is 14.8 Å². The van der Waals surface area contributed by atoms with Crippen LogP contribution in [0, 0.1) is 13.8 Å². The molecule has 0 saturated heterocycles. The van der Waals surface area contributed by atoms with Crippen LogP contribution in [0.3, 0.4) is 0 Å². The molecule has 4 nitrogen and oxygen atoms in total. The lowest BCUT2D eigenvalue weighted by Gasteiger charge is -2.10. The molecule has 0 atom stereocenters. The molecule has 4 heteroatoms. The van der Waals surface area contributed by atoms with E-state index in [1.165, 1.54) is 5.56 Å². The molecular weight excluding hydrogens is 262 g/mol. The smallest absolute Gasteiger partial charge is 0.213 e. The monoisotopic (exact) mass is 279 g/mol. The van der Waals surface area contributed by atoms with Gasteiger partial charge in [-0.3, -0.25) is 0 Å². The van der Waals surface area contributed by atoms with Crippen LogP contribution in [0.25, 0.3) is 16.8 Å². The summed E-state index contributed by atoms with van der Waals surface area (Å²) in [6, 6.07) is 12.3. The van der Waals surface area contributed by atoms with E-state index in [9.17, 15) is 0 Å². The minimum atomic E-state index is 0.615. The minimum Gasteiger partial charge on any atom is -0.481 e. The Morgan fingerprint density at radius 3 is 2.52 bits per heavy atom. The molecule has 0 aliphatic rings. The van der Waals surface area contributed by atoms with Gasteiger partial charge in [0, 0.05) is 18.5 Å². The van der Waals surface area contributed by atoms with Gasteiger partial charge in [-0.1, -0.05) is 12.1 Å². The molecule has 0 amide bonds. The molecule has 0 N–H and O–H groups in total. The summed E-state index contributed by atoms with van der Waals surface area (Å²) in [4.78, 5) is 4.15. The van der Waals surface area contributed by atoms with Crippen molar-refractivity contribution in [3.05, 3.63) is 60.0 Å². The van der Waals surface area contributed by atoms with E-state index < -0.39 is 0 Å². The van der Waals surface area contributed by atoms with Crippen LogP contribution >= 0.6 is 0 Å². The maximum Gasteiger partial charge on any atom is 0.213 e. The van der Waals surface area contributed by atoms with E-state index in [0.29, 0.717) is 5.88 Å². The Morgan fingerprint density at radius 1 is 1.00 bits per heavy atom. The third-order valence-corrected chi connectivity index (χ3v) is 3.46. The maximum atomic E-state index is 5.19. The molecule has 0 saturated carbocycles. The highest BCUT2D eigenvalue weighted by atomic mass is 16.5. The molecule has 0 radical (unpaired) electrons. The topological polar surface area (TPSA) is 39.9 Å². The largest absolute Gasteiger partial charge is 0.481 e. The molecule has 2 heterocycles. The molecule has 3 rings (SSSR count). The van der Waals surface area contributed by atoms with Crippen LogP contribution in [0.2, 0.25) is 0 Å². The quantitative estimate of drug-likeness (QED) is 0.736. The summed E-state index contributed by atoms with van der Waals surface area (Å²) in [6.45, 7) is 4.08. The third-order valence-electron chi connectivity index (χ3n) is 3.46. The van der Waals surface area contributed by atoms with Crippen molar-refractivity contribution < 1.29 is 4.74 Å². The fourth-order valence-corrected chi connectivity index (χ4v) is 2.29. The SMILES string of the molecule is COc1cc(-c2ccc(C)c(-n3ccc(C)n3)c2)ccn1. The van der Waals surface area contributed by atoms with Gasteiger partial charge in [0.1, 0.15) is 0 Å². The summed E-state index contributed by atoms with van der Waals surface area (Å²) in [5, 5.41) is 4.49. The van der Waals surface area contributed by atoms with Gasteiger partial charge in [0.05, 0.1) is 18.5 Å². The number of methoxy groups -OCH3 is 1. The second-order valence-electron chi connectivity index (χ2n) is 4.99. The van der Waals surface area contributed by atoms with Crippen molar-refractivity contribution in [3.63, 3.8) is 0 Å². The van der Waals surface area contributed by atoms with Crippen LogP contribution in [-0.4, -0.2) is 21.9 Å². The summed E-state index contributed by atoms with van der Waals surface area (Å²) < 4.78 is 7.10. The van der Waals surface area contributed by atoms with Crippen LogP contribution < -0.4 is 4.74 Å². The number of nitrogens with zero attached hydrogens (tertiary/aromatic N) is 3. The second-order valence-corrected chi connectivity index (χ2v) is 4.99. The van der Waals surface area contributed by atoms with Gasteiger partial charge in [-0.2, -0.15) is 5.10 Å². The molecule has 0 unspecified atom stereocenters. The zero-order valence-corrected chi connectivity index (χ0v) is 12.4. The average Bonchev–Trinajstić information content (AvgIpc) is 2.94. The van der Waals surface area contributed by atoms with Crippen molar-refractivity contribution in [1.29, 1.82) is 0 Å². The maximum absolute atomic E-state index is 5.19. The Balaban J connectivity index is 2.08. The molecule has 0 bridgehead atoms. The van der Waals surface area contributed by atoms with E-state index >= 15 is 0 Å². The van der Waals surface area contributed by atoms with E-state index in [1.54, 1.807) is 13.3 Å². The molecule has 21 heavy (non-hydrogen) atoms. The van der Waals surface area contributed by atoms with Gasteiger partial charge in [0.15, 0.2) is 0 Å². The van der Waals surface area contributed by atoms with Gasteiger partial charge in [-0.15, -0.1) is 0 Å². The predicted molar refractivity (Wildman–Crippen MR) is 82.8 cm³/mol. The molecule has 106 valence electrons. The number of benzene rings is 1. The highest BCUT2D eigenvalue weighted by Gasteiger charge is 2.07. The fraction of sp³-hybridized carbons (Fsp3) is 0.176. The summed E-state index contributed by atoms with van der Waals surface area (Å²) in [6.07, 6.45) is 3.74. The van der Waals surface area contributed by atoms with E-state index in [2.05, 4.69) is 35.2 Å². The fourth-order valence-electron chi connectivity index (χ4n) is 2.29. The van der Waals surface area contributed by atoms with Crippen LogP contribution in [0.4, 0.5) is 0 Å². The summed E-state index contributed by atoms with van der Waals surface area (Å²) in [5.41, 5.74) is 5.46. The van der Waals surface area contributed by atoms with Gasteiger partial charge in [0.25, 0.3) is 0 Å². The lowest BCUT2D eigenvalue weighted by molar-refractivity contribution is 0.398. The Bertz CT molecular complexity index is 777. The van der Waals surface area contributed by atoms with Gasteiger partial charge < -0.3 is 4.74 Å². The number of aryl methyl sites for hydroxylation is 2. The second kappa shape index (κ2) is 5.40. The lowest BCUT2D eigenvalue weighted by atomic mass is 10.0. The van der Waals surface area contributed by atoms with Crippen LogP contribution in [0.1, 0.15) is 11.3 Å². The molecular formula is C17H17N3O. The Kier molecular flexibility index (Phi) is 3.44. The first-order valence-electron chi connectivity index (χ1n) is 6.81. The van der Waals surface area contributed by atoms with Crippen molar-refractivity contribution in [2.24, 2.45) is 0 Å². The van der Waals surface area contributed by atoms with E-state index in [0.717, 1.165) is 22.5 Å². The van der Waals surface area contributed by atoms with Crippen LogP contribution in [-0.2, 0) is 0 Å². The zero-order chi connectivity index (χ0) is 14.8. The lowest BCUT2D eigenvalue weighted by Crippen LogP contribution is -1.98. The average molecular weight is 279 g/mol. The molecule has 0 aliphatic carbocycles.